The number of rotatable bonds is 3. The van der Waals surface area contributed by atoms with Crippen molar-refractivity contribution in [3.8, 4) is 0 Å². The van der Waals surface area contributed by atoms with Crippen molar-refractivity contribution >= 4 is 34.9 Å². The van der Waals surface area contributed by atoms with Gasteiger partial charge in [-0.25, -0.2) is 4.79 Å². The lowest BCUT2D eigenvalue weighted by Crippen LogP contribution is -2.56. The summed E-state index contributed by atoms with van der Waals surface area (Å²) in [6, 6.07) is 14.9. The van der Waals surface area contributed by atoms with Crippen molar-refractivity contribution in [3.05, 3.63) is 75.8 Å². The molecule has 2 unspecified atom stereocenters. The lowest BCUT2D eigenvalue weighted by Gasteiger charge is -2.44. The number of nitrogens with zero attached hydrogens (tertiary/aromatic N) is 1. The van der Waals surface area contributed by atoms with E-state index in [2.05, 4.69) is 0 Å². The Balaban J connectivity index is 1.54. The van der Waals surface area contributed by atoms with Crippen LogP contribution < -0.4 is 0 Å². The highest BCUT2D eigenvalue weighted by Crippen LogP contribution is 2.39. The molecule has 2 aromatic rings. The van der Waals surface area contributed by atoms with Crippen molar-refractivity contribution in [1.29, 1.82) is 0 Å². The molecule has 0 radical (unpaired) electrons. The Morgan fingerprint density at radius 2 is 1.81 bits per heavy atom. The van der Waals surface area contributed by atoms with Crippen molar-refractivity contribution in [3.63, 3.8) is 0 Å². The van der Waals surface area contributed by atoms with Gasteiger partial charge in [0.05, 0.1) is 25.3 Å². The van der Waals surface area contributed by atoms with E-state index in [9.17, 15) is 4.79 Å². The molecule has 1 fully saturated rings. The van der Waals surface area contributed by atoms with E-state index in [1.165, 1.54) is 0 Å². The summed E-state index contributed by atoms with van der Waals surface area (Å²) < 4.78 is 11.2. The van der Waals surface area contributed by atoms with Crippen LogP contribution in [0.3, 0.4) is 0 Å². The van der Waals surface area contributed by atoms with Gasteiger partial charge in [0.2, 0.25) is 0 Å². The van der Waals surface area contributed by atoms with Crippen LogP contribution in [0.2, 0.25) is 10.0 Å². The number of hydrogen-bond donors (Lipinski definition) is 0. The molecule has 0 aromatic heterocycles. The Labute approximate surface area is 168 Å². The summed E-state index contributed by atoms with van der Waals surface area (Å²) in [6.45, 7) is 1.16. The smallest absolute Gasteiger partial charge is 0.411 e. The van der Waals surface area contributed by atoms with E-state index in [-0.39, 0.29) is 24.8 Å². The number of halogens is 2. The van der Waals surface area contributed by atoms with Crippen molar-refractivity contribution in [2.24, 2.45) is 0 Å². The van der Waals surface area contributed by atoms with Gasteiger partial charge >= 0.3 is 6.09 Å². The maximum atomic E-state index is 12.7. The molecule has 6 heteroatoms. The zero-order valence-corrected chi connectivity index (χ0v) is 16.1. The Kier molecular flexibility index (Phi) is 5.39. The summed E-state index contributed by atoms with van der Waals surface area (Å²) in [7, 11) is 0. The van der Waals surface area contributed by atoms with Gasteiger partial charge in [-0.1, -0.05) is 65.7 Å². The van der Waals surface area contributed by atoms with Gasteiger partial charge in [0.15, 0.2) is 0 Å². The molecule has 140 valence electrons. The highest BCUT2D eigenvalue weighted by molar-refractivity contribution is 6.37. The first kappa shape index (κ1) is 18.4. The number of carbonyl (C=O) groups is 1. The largest absolute Gasteiger partial charge is 0.445 e. The van der Waals surface area contributed by atoms with E-state index in [4.69, 9.17) is 32.7 Å². The van der Waals surface area contributed by atoms with Crippen LogP contribution in [0.15, 0.2) is 54.6 Å². The lowest BCUT2D eigenvalue weighted by atomic mass is 9.90. The van der Waals surface area contributed by atoms with Crippen LogP contribution >= 0.6 is 23.2 Å². The molecule has 2 heterocycles. The van der Waals surface area contributed by atoms with Crippen LogP contribution in [-0.2, 0) is 16.1 Å². The second-order valence-corrected chi connectivity index (χ2v) is 7.51. The van der Waals surface area contributed by atoms with E-state index in [0.717, 1.165) is 16.7 Å². The molecule has 4 nitrogen and oxygen atoms in total. The maximum Gasteiger partial charge on any atom is 0.411 e. The molecule has 4 rings (SSSR count). The van der Waals surface area contributed by atoms with Gasteiger partial charge in [-0.15, -0.1) is 0 Å². The van der Waals surface area contributed by atoms with Crippen LogP contribution in [0.5, 0.6) is 0 Å². The molecule has 0 N–H and O–H groups in total. The molecule has 1 amide bonds. The highest BCUT2D eigenvalue weighted by atomic mass is 35.5. The molecule has 27 heavy (non-hydrogen) atoms. The third-order valence-corrected chi connectivity index (χ3v) is 5.53. The molecule has 2 aromatic carbocycles. The number of carbonyl (C=O) groups excluding carboxylic acids is 1. The number of benzene rings is 2. The normalized spacial score (nSPS) is 21.6. The van der Waals surface area contributed by atoms with E-state index in [1.54, 1.807) is 4.90 Å². The molecule has 2 atom stereocenters. The monoisotopic (exact) mass is 403 g/mol. The lowest BCUT2D eigenvalue weighted by molar-refractivity contribution is -0.0342. The van der Waals surface area contributed by atoms with Gasteiger partial charge in [0.25, 0.3) is 0 Å². The fourth-order valence-corrected chi connectivity index (χ4v) is 4.30. The van der Waals surface area contributed by atoms with Crippen molar-refractivity contribution in [2.45, 2.75) is 25.1 Å². The van der Waals surface area contributed by atoms with Crippen LogP contribution in [0.4, 0.5) is 4.79 Å². The Morgan fingerprint density at radius 3 is 2.52 bits per heavy atom. The third-order valence-electron chi connectivity index (χ3n) is 4.90. The molecule has 2 aliphatic rings. The quantitative estimate of drug-likeness (QED) is 0.707. The first-order valence-electron chi connectivity index (χ1n) is 8.85. The zero-order valence-electron chi connectivity index (χ0n) is 14.6. The second kappa shape index (κ2) is 7.93. The first-order valence-corrected chi connectivity index (χ1v) is 9.61. The Bertz CT molecular complexity index is 849. The number of ether oxygens (including phenoxy) is 2. The molecule has 2 aliphatic heterocycles. The second-order valence-electron chi connectivity index (χ2n) is 6.70. The van der Waals surface area contributed by atoms with Gasteiger partial charge in [0.1, 0.15) is 6.61 Å². The average molecular weight is 404 g/mol. The zero-order chi connectivity index (χ0) is 18.8. The van der Waals surface area contributed by atoms with E-state index < -0.39 is 0 Å². The van der Waals surface area contributed by atoms with Crippen LogP contribution in [0.1, 0.15) is 17.5 Å². The fourth-order valence-electron chi connectivity index (χ4n) is 3.66. The summed E-state index contributed by atoms with van der Waals surface area (Å²) in [5.74, 6) is 0. The topological polar surface area (TPSA) is 38.8 Å². The standard InChI is InChI=1S/C21H19Cl2NO3/c22-18-7-4-8-19(23)20(18)15-9-16-12-26-13-17(10-15)24(16)21(25)27-11-14-5-2-1-3-6-14/h1-9,16-17H,10-13H2. The Hall–Kier alpha value is -2.01. The van der Waals surface area contributed by atoms with Gasteiger partial charge in [0, 0.05) is 15.6 Å². The minimum atomic E-state index is -0.322. The molecular formula is C21H19Cl2NO3. The molecule has 2 bridgehead atoms. The maximum absolute atomic E-state index is 12.7. The summed E-state index contributed by atoms with van der Waals surface area (Å²) >= 11 is 12.7. The van der Waals surface area contributed by atoms with Gasteiger partial charge in [-0.2, -0.15) is 0 Å². The minimum Gasteiger partial charge on any atom is -0.445 e. The van der Waals surface area contributed by atoms with E-state index in [0.29, 0.717) is 29.7 Å². The fraction of sp³-hybridized carbons (Fsp3) is 0.286. The number of morpholine rings is 1. The molecular weight excluding hydrogens is 385 g/mol. The SMILES string of the molecule is O=C(OCc1ccccc1)N1C2C=C(c3c(Cl)cccc3Cl)CC1COC2. The van der Waals surface area contributed by atoms with Crippen molar-refractivity contribution < 1.29 is 14.3 Å². The summed E-state index contributed by atoms with van der Waals surface area (Å²) in [5.41, 5.74) is 2.86. The molecule has 1 saturated heterocycles. The summed E-state index contributed by atoms with van der Waals surface area (Å²) in [5, 5.41) is 1.24. The predicted molar refractivity (Wildman–Crippen MR) is 106 cm³/mol. The van der Waals surface area contributed by atoms with Crippen LogP contribution in [0.25, 0.3) is 5.57 Å². The van der Waals surface area contributed by atoms with Crippen molar-refractivity contribution in [1.82, 2.24) is 4.90 Å². The highest BCUT2D eigenvalue weighted by Gasteiger charge is 2.39. The van der Waals surface area contributed by atoms with Crippen LogP contribution in [0, 0.1) is 0 Å². The molecule has 0 saturated carbocycles. The predicted octanol–water partition coefficient (Wildman–Crippen LogP) is 5.19. The summed E-state index contributed by atoms with van der Waals surface area (Å²) in [6.07, 6.45) is 2.32. The minimum absolute atomic E-state index is 0.0978. The molecule has 0 spiro atoms. The number of amides is 1. The van der Waals surface area contributed by atoms with Gasteiger partial charge in [-0.3, -0.25) is 4.90 Å². The van der Waals surface area contributed by atoms with Gasteiger partial charge < -0.3 is 9.47 Å². The summed E-state index contributed by atoms with van der Waals surface area (Å²) in [4.78, 5) is 14.5. The van der Waals surface area contributed by atoms with E-state index in [1.807, 2.05) is 54.6 Å². The van der Waals surface area contributed by atoms with Gasteiger partial charge in [-0.05, 0) is 29.7 Å². The van der Waals surface area contributed by atoms with E-state index >= 15 is 0 Å². The van der Waals surface area contributed by atoms with Crippen molar-refractivity contribution in [2.75, 3.05) is 13.2 Å². The average Bonchev–Trinajstić information content (AvgIpc) is 2.66. The number of hydrogen-bond acceptors (Lipinski definition) is 3. The Morgan fingerprint density at radius 1 is 1.07 bits per heavy atom. The van der Waals surface area contributed by atoms with Crippen LogP contribution in [-0.4, -0.2) is 36.3 Å². The number of fused-ring (bicyclic) bond motifs is 2. The first-order chi connectivity index (χ1) is 13.1. The third kappa shape index (κ3) is 3.84. The molecule has 0 aliphatic carbocycles.